The molecule has 25 heavy (non-hydrogen) atoms. The molecule has 6 heteroatoms. The standard InChI is InChI=1S/C19H18ClN3OS/c1-13(15-5-3-2-4-6-15)11-17(24)21-19-23-22-18(25-19)12-14-7-9-16(20)10-8-14/h2-10,13H,11-12H2,1H3,(H,21,23,24). The molecule has 0 saturated heterocycles. The summed E-state index contributed by atoms with van der Waals surface area (Å²) in [6, 6.07) is 17.6. The number of carbonyl (C=O) groups is 1. The van der Waals surface area contributed by atoms with Crippen LogP contribution in [-0.4, -0.2) is 16.1 Å². The van der Waals surface area contributed by atoms with E-state index in [0.29, 0.717) is 23.0 Å². The van der Waals surface area contributed by atoms with Crippen LogP contribution in [0.3, 0.4) is 0 Å². The molecular formula is C19H18ClN3OS. The van der Waals surface area contributed by atoms with Crippen LogP contribution >= 0.6 is 22.9 Å². The van der Waals surface area contributed by atoms with Crippen molar-refractivity contribution in [1.82, 2.24) is 10.2 Å². The van der Waals surface area contributed by atoms with Gasteiger partial charge >= 0.3 is 0 Å². The largest absolute Gasteiger partial charge is 0.301 e. The molecule has 0 bridgehead atoms. The van der Waals surface area contributed by atoms with E-state index >= 15 is 0 Å². The second kappa shape index (κ2) is 8.23. The first-order valence-electron chi connectivity index (χ1n) is 8.02. The zero-order chi connectivity index (χ0) is 17.6. The van der Waals surface area contributed by atoms with Crippen molar-refractivity contribution in [2.45, 2.75) is 25.7 Å². The van der Waals surface area contributed by atoms with Crippen LogP contribution in [0.25, 0.3) is 0 Å². The molecule has 0 spiro atoms. The van der Waals surface area contributed by atoms with Crippen molar-refractivity contribution in [2.75, 3.05) is 5.32 Å². The lowest BCUT2D eigenvalue weighted by Crippen LogP contribution is -2.14. The zero-order valence-corrected chi connectivity index (χ0v) is 15.3. The Morgan fingerprint density at radius 2 is 1.84 bits per heavy atom. The second-order valence-corrected chi connectivity index (χ2v) is 7.37. The predicted molar refractivity (Wildman–Crippen MR) is 102 cm³/mol. The van der Waals surface area contributed by atoms with E-state index in [1.165, 1.54) is 11.3 Å². The monoisotopic (exact) mass is 371 g/mol. The van der Waals surface area contributed by atoms with Gasteiger partial charge in [-0.05, 0) is 29.2 Å². The highest BCUT2D eigenvalue weighted by molar-refractivity contribution is 7.15. The summed E-state index contributed by atoms with van der Waals surface area (Å²) in [5.41, 5.74) is 2.26. The Morgan fingerprint density at radius 3 is 2.56 bits per heavy atom. The summed E-state index contributed by atoms with van der Waals surface area (Å²) in [6.45, 7) is 2.04. The lowest BCUT2D eigenvalue weighted by molar-refractivity contribution is -0.116. The molecule has 1 heterocycles. The topological polar surface area (TPSA) is 54.9 Å². The minimum Gasteiger partial charge on any atom is -0.301 e. The number of halogens is 1. The first-order chi connectivity index (χ1) is 12.1. The van der Waals surface area contributed by atoms with E-state index in [9.17, 15) is 4.79 Å². The van der Waals surface area contributed by atoms with Gasteiger partial charge in [0, 0.05) is 17.9 Å². The van der Waals surface area contributed by atoms with Crippen LogP contribution in [0.5, 0.6) is 0 Å². The molecule has 1 aromatic heterocycles. The van der Waals surface area contributed by atoms with Crippen molar-refractivity contribution in [1.29, 1.82) is 0 Å². The molecular weight excluding hydrogens is 354 g/mol. The van der Waals surface area contributed by atoms with Crippen LogP contribution < -0.4 is 5.32 Å². The molecule has 0 aliphatic carbocycles. The van der Waals surface area contributed by atoms with Gasteiger partial charge in [0.1, 0.15) is 5.01 Å². The summed E-state index contributed by atoms with van der Waals surface area (Å²) in [5.74, 6) is 0.105. The number of anilines is 1. The molecule has 128 valence electrons. The fourth-order valence-corrected chi connectivity index (χ4v) is 3.42. The molecule has 1 amide bonds. The normalized spacial score (nSPS) is 11.9. The van der Waals surface area contributed by atoms with Crippen molar-refractivity contribution in [3.05, 3.63) is 75.8 Å². The number of carbonyl (C=O) groups excluding carboxylic acids is 1. The predicted octanol–water partition coefficient (Wildman–Crippen LogP) is 4.91. The van der Waals surface area contributed by atoms with Crippen molar-refractivity contribution in [3.63, 3.8) is 0 Å². The number of benzene rings is 2. The van der Waals surface area contributed by atoms with Crippen molar-refractivity contribution >= 4 is 34.0 Å². The van der Waals surface area contributed by atoms with E-state index in [-0.39, 0.29) is 11.8 Å². The van der Waals surface area contributed by atoms with Crippen LogP contribution in [-0.2, 0) is 11.2 Å². The van der Waals surface area contributed by atoms with Crippen LogP contribution in [0.1, 0.15) is 35.4 Å². The molecule has 3 rings (SSSR count). The molecule has 0 aliphatic rings. The first kappa shape index (κ1) is 17.6. The average Bonchev–Trinajstić information content (AvgIpc) is 3.04. The summed E-state index contributed by atoms with van der Waals surface area (Å²) in [5, 5.41) is 13.1. The van der Waals surface area contributed by atoms with Gasteiger partial charge in [-0.15, -0.1) is 10.2 Å². The van der Waals surface area contributed by atoms with Crippen LogP contribution in [0.15, 0.2) is 54.6 Å². The van der Waals surface area contributed by atoms with E-state index in [1.807, 2.05) is 61.5 Å². The van der Waals surface area contributed by atoms with Crippen LogP contribution in [0.2, 0.25) is 5.02 Å². The smallest absolute Gasteiger partial charge is 0.226 e. The molecule has 0 aliphatic heterocycles. The average molecular weight is 372 g/mol. The van der Waals surface area contributed by atoms with Crippen molar-refractivity contribution in [3.8, 4) is 0 Å². The third-order valence-electron chi connectivity index (χ3n) is 3.84. The number of nitrogens with zero attached hydrogens (tertiary/aromatic N) is 2. The van der Waals surface area contributed by atoms with Gasteiger partial charge in [-0.3, -0.25) is 4.79 Å². The zero-order valence-electron chi connectivity index (χ0n) is 13.8. The maximum absolute atomic E-state index is 12.2. The quantitative estimate of drug-likeness (QED) is 0.669. The highest BCUT2D eigenvalue weighted by Gasteiger charge is 2.13. The lowest BCUT2D eigenvalue weighted by Gasteiger charge is -2.10. The Hall–Kier alpha value is -2.24. The molecule has 3 aromatic rings. The molecule has 0 radical (unpaired) electrons. The lowest BCUT2D eigenvalue weighted by atomic mass is 9.98. The maximum atomic E-state index is 12.2. The highest BCUT2D eigenvalue weighted by atomic mass is 35.5. The van der Waals surface area contributed by atoms with Gasteiger partial charge in [-0.2, -0.15) is 0 Å². The molecule has 0 fully saturated rings. The van der Waals surface area contributed by atoms with Gasteiger partial charge in [-0.25, -0.2) is 0 Å². The molecule has 4 nitrogen and oxygen atoms in total. The number of hydrogen-bond acceptors (Lipinski definition) is 4. The van der Waals surface area contributed by atoms with Gasteiger partial charge in [-0.1, -0.05) is 72.3 Å². The van der Waals surface area contributed by atoms with Gasteiger partial charge in [0.15, 0.2) is 0 Å². The maximum Gasteiger partial charge on any atom is 0.226 e. The third-order valence-corrected chi connectivity index (χ3v) is 4.93. The van der Waals surface area contributed by atoms with E-state index in [2.05, 4.69) is 15.5 Å². The minimum absolute atomic E-state index is 0.0504. The van der Waals surface area contributed by atoms with Crippen molar-refractivity contribution < 1.29 is 4.79 Å². The van der Waals surface area contributed by atoms with Gasteiger partial charge in [0.25, 0.3) is 0 Å². The number of amides is 1. The molecule has 2 aromatic carbocycles. The highest BCUT2D eigenvalue weighted by Crippen LogP contribution is 2.22. The molecule has 1 unspecified atom stereocenters. The molecule has 1 N–H and O–H groups in total. The number of nitrogens with one attached hydrogen (secondary N) is 1. The molecule has 0 saturated carbocycles. The summed E-state index contributed by atoms with van der Waals surface area (Å²) < 4.78 is 0. The van der Waals surface area contributed by atoms with E-state index < -0.39 is 0 Å². The Morgan fingerprint density at radius 1 is 1.12 bits per heavy atom. The fraction of sp³-hybridized carbons (Fsp3) is 0.211. The first-order valence-corrected chi connectivity index (χ1v) is 9.21. The SMILES string of the molecule is CC(CC(=O)Nc1nnc(Cc2ccc(Cl)cc2)s1)c1ccccc1. The second-order valence-electron chi connectivity index (χ2n) is 5.87. The third kappa shape index (κ3) is 5.11. The Labute approximate surface area is 155 Å². The Kier molecular flexibility index (Phi) is 5.79. The summed E-state index contributed by atoms with van der Waals surface area (Å²) in [7, 11) is 0. The minimum atomic E-state index is -0.0504. The summed E-state index contributed by atoms with van der Waals surface area (Å²) in [4.78, 5) is 12.2. The van der Waals surface area contributed by atoms with E-state index in [1.54, 1.807) is 0 Å². The van der Waals surface area contributed by atoms with Crippen molar-refractivity contribution in [2.24, 2.45) is 0 Å². The van der Waals surface area contributed by atoms with Gasteiger partial charge in [0.05, 0.1) is 0 Å². The van der Waals surface area contributed by atoms with E-state index in [0.717, 1.165) is 16.1 Å². The van der Waals surface area contributed by atoms with E-state index in [4.69, 9.17) is 11.6 Å². The van der Waals surface area contributed by atoms with Gasteiger partial charge in [0.2, 0.25) is 11.0 Å². The molecule has 1 atom stereocenters. The number of rotatable bonds is 6. The Bertz CT molecular complexity index is 833. The van der Waals surface area contributed by atoms with Crippen LogP contribution in [0, 0.1) is 0 Å². The van der Waals surface area contributed by atoms with Gasteiger partial charge < -0.3 is 5.32 Å². The number of aromatic nitrogens is 2. The van der Waals surface area contributed by atoms with Crippen LogP contribution in [0.4, 0.5) is 5.13 Å². The fourth-order valence-electron chi connectivity index (χ4n) is 2.50. The number of hydrogen-bond donors (Lipinski definition) is 1. The summed E-state index contributed by atoms with van der Waals surface area (Å²) in [6.07, 6.45) is 1.08. The summed E-state index contributed by atoms with van der Waals surface area (Å²) >= 11 is 7.28. The Balaban J connectivity index is 1.55.